The molecule has 0 N–H and O–H groups in total. The summed E-state index contributed by atoms with van der Waals surface area (Å²) in [6, 6.07) is 12.4. The van der Waals surface area contributed by atoms with Gasteiger partial charge in [-0.25, -0.2) is 4.79 Å². The summed E-state index contributed by atoms with van der Waals surface area (Å²) in [6.45, 7) is 0.0168. The molecule has 0 aliphatic carbocycles. The number of hydrogen-bond acceptors (Lipinski definition) is 4. The van der Waals surface area contributed by atoms with Gasteiger partial charge in [0.15, 0.2) is 0 Å². The van der Waals surface area contributed by atoms with Crippen molar-refractivity contribution in [1.82, 2.24) is 5.06 Å². The van der Waals surface area contributed by atoms with E-state index in [9.17, 15) is 18.0 Å². The van der Waals surface area contributed by atoms with E-state index in [1.807, 2.05) is 18.2 Å². The van der Waals surface area contributed by atoms with Crippen molar-refractivity contribution in [3.63, 3.8) is 0 Å². The topological polar surface area (TPSA) is 38.8 Å². The standard InChI is InChI=1S/C17H12Cl2F3NO3/c18-13-4-2-1-3-12(13)10-5-6-14(19)15(7-10)25-11-8-23(9-11)26-16(24)17(20,21)22/h1-7,11H,8-9H2. The van der Waals surface area contributed by atoms with Gasteiger partial charge in [-0.05, 0) is 23.8 Å². The van der Waals surface area contributed by atoms with Gasteiger partial charge < -0.3 is 9.57 Å². The van der Waals surface area contributed by atoms with Crippen molar-refractivity contribution in [3.05, 3.63) is 52.5 Å². The van der Waals surface area contributed by atoms with Gasteiger partial charge in [0, 0.05) is 10.6 Å². The summed E-state index contributed by atoms with van der Waals surface area (Å²) in [6.07, 6.45) is -5.48. The zero-order valence-corrected chi connectivity index (χ0v) is 14.6. The number of rotatable bonds is 4. The molecular weight excluding hydrogens is 394 g/mol. The molecule has 1 saturated heterocycles. The van der Waals surface area contributed by atoms with Crippen LogP contribution in [0.25, 0.3) is 11.1 Å². The molecule has 26 heavy (non-hydrogen) atoms. The smallest absolute Gasteiger partial charge is 0.486 e. The number of halogens is 5. The second kappa shape index (κ2) is 7.34. The van der Waals surface area contributed by atoms with Crippen molar-refractivity contribution in [2.24, 2.45) is 0 Å². The predicted molar refractivity (Wildman–Crippen MR) is 90.0 cm³/mol. The molecule has 2 aromatic carbocycles. The number of benzene rings is 2. The summed E-state index contributed by atoms with van der Waals surface area (Å²) in [4.78, 5) is 15.0. The minimum absolute atomic E-state index is 0.00840. The molecule has 0 unspecified atom stereocenters. The molecule has 0 amide bonds. The van der Waals surface area contributed by atoms with Crippen LogP contribution in [0.3, 0.4) is 0 Å². The summed E-state index contributed by atoms with van der Waals surface area (Å²) in [5, 5.41) is 1.80. The maximum atomic E-state index is 12.1. The van der Waals surface area contributed by atoms with Crippen molar-refractivity contribution < 1.29 is 27.5 Å². The molecular formula is C17H12Cl2F3NO3. The molecule has 3 rings (SSSR count). The zero-order chi connectivity index (χ0) is 18.9. The van der Waals surface area contributed by atoms with Crippen LogP contribution < -0.4 is 4.74 Å². The van der Waals surface area contributed by atoms with E-state index in [0.717, 1.165) is 16.2 Å². The Kier molecular flexibility index (Phi) is 5.32. The van der Waals surface area contributed by atoms with Crippen LogP contribution >= 0.6 is 23.2 Å². The first-order valence-corrected chi connectivity index (χ1v) is 8.25. The average Bonchev–Trinajstić information content (AvgIpc) is 2.54. The van der Waals surface area contributed by atoms with Crippen LogP contribution in [0.2, 0.25) is 10.0 Å². The number of hydrogen-bond donors (Lipinski definition) is 0. The van der Waals surface area contributed by atoms with Gasteiger partial charge in [-0.3, -0.25) is 0 Å². The highest BCUT2D eigenvalue weighted by molar-refractivity contribution is 6.33. The number of carbonyl (C=O) groups excluding carboxylic acids is 1. The fourth-order valence-electron chi connectivity index (χ4n) is 2.35. The van der Waals surface area contributed by atoms with Gasteiger partial charge in [0.25, 0.3) is 0 Å². The summed E-state index contributed by atoms with van der Waals surface area (Å²) in [7, 11) is 0. The molecule has 4 nitrogen and oxygen atoms in total. The lowest BCUT2D eigenvalue weighted by Crippen LogP contribution is -2.55. The fraction of sp³-hybridized carbons (Fsp3) is 0.235. The first kappa shape index (κ1) is 18.8. The van der Waals surface area contributed by atoms with E-state index < -0.39 is 18.2 Å². The quantitative estimate of drug-likeness (QED) is 0.735. The van der Waals surface area contributed by atoms with Crippen molar-refractivity contribution in [2.75, 3.05) is 13.1 Å². The summed E-state index contributed by atoms with van der Waals surface area (Å²) < 4.78 is 42.1. The van der Waals surface area contributed by atoms with Crippen molar-refractivity contribution in [3.8, 4) is 16.9 Å². The third-order valence-corrected chi connectivity index (χ3v) is 4.31. The van der Waals surface area contributed by atoms with Crippen LogP contribution in [0.15, 0.2) is 42.5 Å². The monoisotopic (exact) mass is 405 g/mol. The fourth-order valence-corrected chi connectivity index (χ4v) is 2.76. The van der Waals surface area contributed by atoms with E-state index in [-0.39, 0.29) is 13.1 Å². The molecule has 0 bridgehead atoms. The van der Waals surface area contributed by atoms with Gasteiger partial charge in [-0.15, -0.1) is 5.06 Å². The first-order chi connectivity index (χ1) is 12.2. The van der Waals surface area contributed by atoms with Gasteiger partial charge in [0.05, 0.1) is 18.1 Å². The SMILES string of the molecule is O=C(ON1CC(Oc2cc(-c3ccccc3Cl)ccc2Cl)C1)C(F)(F)F. The van der Waals surface area contributed by atoms with Crippen LogP contribution in [-0.2, 0) is 9.63 Å². The Bertz CT molecular complexity index is 823. The number of nitrogens with zero attached hydrogens (tertiary/aromatic N) is 1. The molecule has 1 fully saturated rings. The summed E-state index contributed by atoms with van der Waals surface area (Å²) in [5.41, 5.74) is 1.58. The lowest BCUT2D eigenvalue weighted by atomic mass is 10.1. The predicted octanol–water partition coefficient (Wildman–Crippen LogP) is 4.74. The number of ether oxygens (including phenoxy) is 1. The van der Waals surface area contributed by atoms with Crippen molar-refractivity contribution >= 4 is 29.2 Å². The van der Waals surface area contributed by atoms with Crippen LogP contribution in [0.4, 0.5) is 13.2 Å². The second-order valence-electron chi connectivity index (χ2n) is 5.59. The molecule has 1 aliphatic rings. The molecule has 0 atom stereocenters. The Balaban J connectivity index is 1.64. The van der Waals surface area contributed by atoms with Crippen molar-refractivity contribution in [1.29, 1.82) is 0 Å². The molecule has 1 aliphatic heterocycles. The lowest BCUT2D eigenvalue weighted by molar-refractivity contribution is -0.262. The van der Waals surface area contributed by atoms with Gasteiger partial charge in [-0.2, -0.15) is 13.2 Å². The molecule has 0 aromatic heterocycles. The third-order valence-electron chi connectivity index (χ3n) is 3.67. The number of carbonyl (C=O) groups is 1. The van der Waals surface area contributed by atoms with Crippen LogP contribution in [0, 0.1) is 0 Å². The Labute approximate surface area is 157 Å². The van der Waals surface area contributed by atoms with E-state index in [1.165, 1.54) is 0 Å². The van der Waals surface area contributed by atoms with E-state index in [0.29, 0.717) is 15.8 Å². The molecule has 9 heteroatoms. The normalized spacial score (nSPS) is 15.4. The number of hydroxylamine groups is 2. The minimum atomic E-state index is -5.03. The molecule has 0 spiro atoms. The van der Waals surface area contributed by atoms with Crippen LogP contribution in [-0.4, -0.2) is 36.4 Å². The minimum Gasteiger partial charge on any atom is -0.486 e. The summed E-state index contributed by atoms with van der Waals surface area (Å²) in [5.74, 6) is -1.88. The second-order valence-corrected chi connectivity index (χ2v) is 6.40. The maximum Gasteiger partial charge on any atom is 0.492 e. The Morgan fingerprint density at radius 3 is 2.42 bits per heavy atom. The van der Waals surface area contributed by atoms with Crippen LogP contribution in [0.1, 0.15) is 0 Å². The highest BCUT2D eigenvalue weighted by atomic mass is 35.5. The lowest BCUT2D eigenvalue weighted by Gasteiger charge is -2.37. The number of alkyl halides is 3. The third kappa shape index (κ3) is 4.23. The van der Waals surface area contributed by atoms with Crippen LogP contribution in [0.5, 0.6) is 5.75 Å². The van der Waals surface area contributed by atoms with Gasteiger partial charge in [0.1, 0.15) is 11.9 Å². The molecule has 0 saturated carbocycles. The largest absolute Gasteiger partial charge is 0.492 e. The average molecular weight is 406 g/mol. The van der Waals surface area contributed by atoms with Gasteiger partial charge >= 0.3 is 12.1 Å². The Morgan fingerprint density at radius 2 is 1.77 bits per heavy atom. The van der Waals surface area contributed by atoms with E-state index >= 15 is 0 Å². The van der Waals surface area contributed by atoms with Gasteiger partial charge in [-0.1, -0.05) is 47.5 Å². The highest BCUT2D eigenvalue weighted by Gasteiger charge is 2.44. The van der Waals surface area contributed by atoms with E-state index in [4.69, 9.17) is 27.9 Å². The molecule has 1 heterocycles. The Morgan fingerprint density at radius 1 is 1.08 bits per heavy atom. The molecule has 0 radical (unpaired) electrons. The Hall–Kier alpha value is -1.96. The van der Waals surface area contributed by atoms with E-state index in [2.05, 4.69) is 4.84 Å². The van der Waals surface area contributed by atoms with E-state index in [1.54, 1.807) is 24.3 Å². The zero-order valence-electron chi connectivity index (χ0n) is 13.1. The maximum absolute atomic E-state index is 12.1. The highest BCUT2D eigenvalue weighted by Crippen LogP contribution is 2.35. The molecule has 2 aromatic rings. The summed E-state index contributed by atoms with van der Waals surface area (Å²) >= 11 is 12.3. The first-order valence-electron chi connectivity index (χ1n) is 7.49. The van der Waals surface area contributed by atoms with Gasteiger partial charge in [0.2, 0.25) is 0 Å². The van der Waals surface area contributed by atoms with Crippen molar-refractivity contribution in [2.45, 2.75) is 12.3 Å². The molecule has 138 valence electrons.